The van der Waals surface area contributed by atoms with Crippen molar-refractivity contribution in [3.63, 3.8) is 0 Å². The number of rotatable bonds is 8. The van der Waals surface area contributed by atoms with Crippen LogP contribution in [0.2, 0.25) is 5.02 Å². The number of carboxylic acids is 1. The van der Waals surface area contributed by atoms with E-state index in [-0.39, 0.29) is 21.8 Å². The van der Waals surface area contributed by atoms with Crippen LogP contribution in [0.15, 0.2) is 99.9 Å². The van der Waals surface area contributed by atoms with Crippen LogP contribution in [0.4, 0.5) is 0 Å². The first-order valence-electron chi connectivity index (χ1n) is 15.3. The molecule has 7 rings (SSSR count). The fraction of sp³-hybridized carbons (Fsp3) is 0.222. The van der Waals surface area contributed by atoms with Crippen molar-refractivity contribution in [2.45, 2.75) is 35.6 Å². The summed E-state index contributed by atoms with van der Waals surface area (Å²) in [5.41, 5.74) is 3.12. The first kappa shape index (κ1) is 32.0. The lowest BCUT2D eigenvalue weighted by molar-refractivity contribution is -0.140. The number of H-pyrrole nitrogens is 1. The van der Waals surface area contributed by atoms with Crippen molar-refractivity contribution in [2.24, 2.45) is 11.0 Å². The second kappa shape index (κ2) is 13.1. The summed E-state index contributed by atoms with van der Waals surface area (Å²) in [6, 6.07) is 26.4. The molecule has 1 unspecified atom stereocenters. The molecule has 0 spiro atoms. The summed E-state index contributed by atoms with van der Waals surface area (Å²) in [7, 11) is 1.61. The summed E-state index contributed by atoms with van der Waals surface area (Å²) < 4.78 is 11.1. The molecule has 5 aromatic rings. The number of ether oxygens (including phenoxy) is 2. The molecule has 4 atom stereocenters. The highest BCUT2D eigenvalue weighted by Gasteiger charge is 2.48. The molecule has 1 aromatic heterocycles. The molecule has 0 radical (unpaired) electrons. The van der Waals surface area contributed by atoms with Gasteiger partial charge in [-0.1, -0.05) is 66.3 Å². The number of nitrogens with zero attached hydrogens (tertiary/aromatic N) is 2. The van der Waals surface area contributed by atoms with Crippen LogP contribution in [-0.4, -0.2) is 51.7 Å². The van der Waals surface area contributed by atoms with Crippen molar-refractivity contribution in [2.75, 3.05) is 13.7 Å². The molecule has 244 valence electrons. The SMILES string of the molecule is COc1ccc(C2=NN(C(=O)[C@H]3[C@@H](c4cc(Cl)ccc4OCC(=O)O)c4sc(=O)[nH]c4S[C@@H]3C)C(c3ccc4ccccc4c3)C2)cc1. The molecule has 4 aromatic carbocycles. The highest BCUT2D eigenvalue weighted by Crippen LogP contribution is 2.52. The molecule has 0 aliphatic carbocycles. The number of methoxy groups -OCH3 is 1. The molecule has 12 heteroatoms. The van der Waals surface area contributed by atoms with Crippen LogP contribution in [0.1, 0.15) is 46.9 Å². The zero-order valence-corrected chi connectivity index (χ0v) is 28.3. The Balaban J connectivity index is 1.36. The highest BCUT2D eigenvalue weighted by molar-refractivity contribution is 8.00. The number of hydrazone groups is 1. The smallest absolute Gasteiger partial charge is 0.341 e. The second-order valence-corrected chi connectivity index (χ2v) is 14.5. The first-order chi connectivity index (χ1) is 23.2. The Morgan fingerprint density at radius 1 is 1.04 bits per heavy atom. The van der Waals surface area contributed by atoms with E-state index in [1.54, 1.807) is 30.3 Å². The van der Waals surface area contributed by atoms with E-state index in [1.807, 2.05) is 55.5 Å². The van der Waals surface area contributed by atoms with Crippen molar-refractivity contribution in [1.29, 1.82) is 0 Å². The van der Waals surface area contributed by atoms with Crippen molar-refractivity contribution < 1.29 is 24.2 Å². The van der Waals surface area contributed by atoms with Crippen molar-refractivity contribution in [1.82, 2.24) is 9.99 Å². The lowest BCUT2D eigenvalue weighted by atomic mass is 9.81. The molecule has 0 fully saturated rings. The Kier molecular flexibility index (Phi) is 8.76. The lowest BCUT2D eigenvalue weighted by Gasteiger charge is -2.37. The number of thioether (sulfide) groups is 1. The maximum absolute atomic E-state index is 15.1. The number of fused-ring (bicyclic) bond motifs is 2. The Morgan fingerprint density at radius 3 is 2.56 bits per heavy atom. The summed E-state index contributed by atoms with van der Waals surface area (Å²) >= 11 is 8.98. The number of thiazole rings is 1. The number of amides is 1. The van der Waals surface area contributed by atoms with Gasteiger partial charge in [0.15, 0.2) is 6.61 Å². The summed E-state index contributed by atoms with van der Waals surface area (Å²) in [6.07, 6.45) is 0.488. The minimum Gasteiger partial charge on any atom is -0.497 e. The van der Waals surface area contributed by atoms with Gasteiger partial charge in [-0.15, -0.1) is 11.8 Å². The van der Waals surface area contributed by atoms with Crippen LogP contribution in [0.3, 0.4) is 0 Å². The average molecular weight is 700 g/mol. The predicted octanol–water partition coefficient (Wildman–Crippen LogP) is 7.34. The Labute approximate surface area is 289 Å². The van der Waals surface area contributed by atoms with Gasteiger partial charge in [-0.3, -0.25) is 9.59 Å². The number of hydrogen-bond donors (Lipinski definition) is 2. The zero-order chi connectivity index (χ0) is 33.5. The number of nitrogens with one attached hydrogen (secondary N) is 1. The van der Waals surface area contributed by atoms with E-state index in [2.05, 4.69) is 23.2 Å². The van der Waals surface area contributed by atoms with Crippen LogP contribution >= 0.6 is 34.7 Å². The van der Waals surface area contributed by atoms with Gasteiger partial charge in [-0.05, 0) is 70.4 Å². The second-order valence-electron chi connectivity index (χ2n) is 11.7. The number of aliphatic carboxylic acids is 1. The number of carboxylic acid groups (broad SMARTS) is 1. The third kappa shape index (κ3) is 6.09. The molecule has 9 nitrogen and oxygen atoms in total. The lowest BCUT2D eigenvalue weighted by Crippen LogP contribution is -2.42. The molecule has 2 N–H and O–H groups in total. The Hall–Kier alpha value is -4.58. The van der Waals surface area contributed by atoms with Gasteiger partial charge in [-0.25, -0.2) is 9.80 Å². The van der Waals surface area contributed by atoms with Crippen LogP contribution in [0.25, 0.3) is 10.8 Å². The van der Waals surface area contributed by atoms with E-state index in [9.17, 15) is 14.7 Å². The molecule has 0 bridgehead atoms. The summed E-state index contributed by atoms with van der Waals surface area (Å²) in [6.45, 7) is 1.38. The monoisotopic (exact) mass is 699 g/mol. The van der Waals surface area contributed by atoms with Gasteiger partial charge in [0, 0.05) is 33.1 Å². The normalized spacial score (nSPS) is 20.3. The fourth-order valence-corrected chi connectivity index (χ4v) is 9.12. The maximum atomic E-state index is 15.1. The Bertz CT molecular complexity index is 2130. The van der Waals surface area contributed by atoms with Crippen molar-refractivity contribution in [3.05, 3.63) is 121 Å². The summed E-state index contributed by atoms with van der Waals surface area (Å²) in [4.78, 5) is 42.7. The molecule has 48 heavy (non-hydrogen) atoms. The third-order valence-corrected chi connectivity index (χ3v) is 11.3. The first-order valence-corrected chi connectivity index (χ1v) is 17.3. The van der Waals surface area contributed by atoms with Crippen LogP contribution in [-0.2, 0) is 9.59 Å². The zero-order valence-electron chi connectivity index (χ0n) is 25.9. The predicted molar refractivity (Wildman–Crippen MR) is 188 cm³/mol. The van der Waals surface area contributed by atoms with E-state index in [0.717, 1.165) is 44.7 Å². The number of carbonyl (C=O) groups is 2. The largest absolute Gasteiger partial charge is 0.497 e. The van der Waals surface area contributed by atoms with Crippen molar-refractivity contribution >= 4 is 63.1 Å². The van der Waals surface area contributed by atoms with Crippen LogP contribution in [0.5, 0.6) is 11.5 Å². The van der Waals surface area contributed by atoms with E-state index in [0.29, 0.717) is 26.9 Å². The Morgan fingerprint density at radius 2 is 1.81 bits per heavy atom. The van der Waals surface area contributed by atoms with E-state index < -0.39 is 30.5 Å². The minimum atomic E-state index is -1.14. The molecule has 0 saturated carbocycles. The van der Waals surface area contributed by atoms with Gasteiger partial charge in [0.1, 0.15) is 11.5 Å². The topological polar surface area (TPSA) is 121 Å². The van der Waals surface area contributed by atoms with Gasteiger partial charge < -0.3 is 19.6 Å². The number of carbonyl (C=O) groups excluding carboxylic acids is 1. The number of aromatic nitrogens is 1. The van der Waals surface area contributed by atoms with Crippen LogP contribution < -0.4 is 14.3 Å². The molecule has 3 heterocycles. The minimum absolute atomic E-state index is 0.225. The summed E-state index contributed by atoms with van der Waals surface area (Å²) in [5.74, 6) is -1.73. The standard InChI is InChI=1S/C36H30ClN3O6S2/c1-19-31(32(33-34(47-19)38-36(44)48-33)26-16-24(37)11-14-29(26)46-18-30(41)42)35(43)40-28(23-8-7-20-5-3-4-6-22(20)15-23)17-27(39-40)21-9-12-25(45-2)13-10-21/h3-16,19,28,31-32H,17-18H2,1-2H3,(H,38,44)(H,41,42)/t19-,28?,31-,32-/m1/s1. The number of benzene rings is 4. The van der Waals surface area contributed by atoms with E-state index in [4.69, 9.17) is 26.2 Å². The maximum Gasteiger partial charge on any atom is 0.341 e. The van der Waals surface area contributed by atoms with E-state index >= 15 is 4.79 Å². The highest BCUT2D eigenvalue weighted by atomic mass is 35.5. The third-order valence-electron chi connectivity index (χ3n) is 8.75. The van der Waals surface area contributed by atoms with Crippen LogP contribution in [0, 0.1) is 5.92 Å². The van der Waals surface area contributed by atoms with Gasteiger partial charge in [0.05, 0.1) is 29.8 Å². The van der Waals surface area contributed by atoms with Gasteiger partial charge >= 0.3 is 10.8 Å². The van der Waals surface area contributed by atoms with Gasteiger partial charge in [-0.2, -0.15) is 5.10 Å². The molecule has 2 aliphatic heterocycles. The molecular weight excluding hydrogens is 670 g/mol. The van der Waals surface area contributed by atoms with Gasteiger partial charge in [0.25, 0.3) is 0 Å². The summed E-state index contributed by atoms with van der Waals surface area (Å²) in [5, 5.41) is 18.9. The fourth-order valence-electron chi connectivity index (χ4n) is 6.52. The number of hydrogen-bond acceptors (Lipinski definition) is 8. The molecule has 2 aliphatic rings. The van der Waals surface area contributed by atoms with E-state index in [1.165, 1.54) is 11.8 Å². The van der Waals surface area contributed by atoms with Gasteiger partial charge in [0.2, 0.25) is 5.91 Å². The quantitative estimate of drug-likeness (QED) is 0.174. The molecule has 0 saturated heterocycles. The van der Waals surface area contributed by atoms with Crippen molar-refractivity contribution in [3.8, 4) is 11.5 Å². The number of halogens is 1. The molecule has 1 amide bonds. The average Bonchev–Trinajstić information content (AvgIpc) is 3.70. The number of aromatic amines is 1. The molecular formula is C36H30ClN3O6S2.